The number of halogens is 1. The van der Waals surface area contributed by atoms with Crippen molar-refractivity contribution in [2.24, 2.45) is 0 Å². The van der Waals surface area contributed by atoms with Gasteiger partial charge < -0.3 is 5.32 Å². The third kappa shape index (κ3) is 3.19. The van der Waals surface area contributed by atoms with Gasteiger partial charge in [0.25, 0.3) is 0 Å². The van der Waals surface area contributed by atoms with Crippen molar-refractivity contribution in [3.05, 3.63) is 46.5 Å². The number of nitrogens with one attached hydrogen (secondary N) is 1. The fraction of sp³-hybridized carbons (Fsp3) is 0.467. The fourth-order valence-electron chi connectivity index (χ4n) is 2.36. The average Bonchev–Trinajstić information content (AvgIpc) is 2.78. The average molecular weight is 293 g/mol. The second-order valence-corrected chi connectivity index (χ2v) is 5.29. The first-order chi connectivity index (χ1) is 9.67. The first kappa shape index (κ1) is 15.0. The zero-order valence-corrected chi connectivity index (χ0v) is 13.0. The molecule has 108 valence electrons. The van der Waals surface area contributed by atoms with Gasteiger partial charge in [-0.2, -0.15) is 5.10 Å². The van der Waals surface area contributed by atoms with E-state index in [4.69, 9.17) is 11.6 Å². The predicted octanol–water partition coefficient (Wildman–Crippen LogP) is 3.35. The molecule has 1 N–H and O–H groups in total. The maximum absolute atomic E-state index is 6.36. The maximum Gasteiger partial charge on any atom is 0.0837 e. The topological polar surface area (TPSA) is 42.7 Å². The number of hydrogen-bond donors (Lipinski definition) is 1. The van der Waals surface area contributed by atoms with Crippen LogP contribution < -0.4 is 5.32 Å². The van der Waals surface area contributed by atoms with Gasteiger partial charge in [0, 0.05) is 18.9 Å². The molecule has 1 unspecified atom stereocenters. The molecule has 2 heterocycles. The third-order valence-corrected chi connectivity index (χ3v) is 3.47. The Kier molecular flexibility index (Phi) is 5.15. The van der Waals surface area contributed by atoms with E-state index in [2.05, 4.69) is 35.3 Å². The number of pyridine rings is 1. The van der Waals surface area contributed by atoms with Crippen LogP contribution in [0.2, 0.25) is 5.02 Å². The number of hydrogen-bond acceptors (Lipinski definition) is 3. The molecule has 4 nitrogen and oxygen atoms in total. The highest BCUT2D eigenvalue weighted by atomic mass is 35.5. The van der Waals surface area contributed by atoms with Crippen molar-refractivity contribution in [3.63, 3.8) is 0 Å². The molecule has 0 bridgehead atoms. The molecule has 0 saturated carbocycles. The molecule has 0 radical (unpaired) electrons. The monoisotopic (exact) mass is 292 g/mol. The lowest BCUT2D eigenvalue weighted by Crippen LogP contribution is -2.25. The summed E-state index contributed by atoms with van der Waals surface area (Å²) in [5.74, 6) is 0. The molecule has 0 spiro atoms. The van der Waals surface area contributed by atoms with Crippen LogP contribution in [0.15, 0.2) is 24.7 Å². The SMILES string of the molecule is CCCn1ncc(Cl)c1C(NCC)c1cncc(C)c1. The lowest BCUT2D eigenvalue weighted by Gasteiger charge is -2.20. The molecule has 0 fully saturated rings. The Morgan fingerprint density at radius 3 is 2.75 bits per heavy atom. The van der Waals surface area contributed by atoms with E-state index >= 15 is 0 Å². The van der Waals surface area contributed by atoms with E-state index in [0.717, 1.165) is 36.3 Å². The molecular formula is C15H21ClN4. The largest absolute Gasteiger partial charge is 0.305 e. The van der Waals surface area contributed by atoms with Crippen LogP contribution >= 0.6 is 11.6 Å². The number of aryl methyl sites for hydroxylation is 2. The summed E-state index contributed by atoms with van der Waals surface area (Å²) >= 11 is 6.36. The Morgan fingerprint density at radius 2 is 2.10 bits per heavy atom. The summed E-state index contributed by atoms with van der Waals surface area (Å²) in [7, 11) is 0. The highest BCUT2D eigenvalue weighted by Crippen LogP contribution is 2.28. The molecule has 2 rings (SSSR count). The van der Waals surface area contributed by atoms with Crippen molar-refractivity contribution in [2.75, 3.05) is 6.54 Å². The standard InChI is InChI=1S/C15H21ClN4/c1-4-6-20-15(13(16)10-19-20)14(18-5-2)12-7-11(3)8-17-9-12/h7-10,14,18H,4-6H2,1-3H3. The van der Waals surface area contributed by atoms with Gasteiger partial charge >= 0.3 is 0 Å². The van der Waals surface area contributed by atoms with Crippen LogP contribution in [0.1, 0.15) is 43.1 Å². The van der Waals surface area contributed by atoms with Gasteiger partial charge in [0.15, 0.2) is 0 Å². The van der Waals surface area contributed by atoms with Crippen LogP contribution in [0.3, 0.4) is 0 Å². The second kappa shape index (κ2) is 6.86. The normalized spacial score (nSPS) is 12.6. The first-order valence-corrected chi connectivity index (χ1v) is 7.41. The van der Waals surface area contributed by atoms with E-state index in [1.54, 1.807) is 6.20 Å². The highest BCUT2D eigenvalue weighted by molar-refractivity contribution is 6.31. The summed E-state index contributed by atoms with van der Waals surface area (Å²) in [6.07, 6.45) is 6.49. The number of aromatic nitrogens is 3. The molecule has 20 heavy (non-hydrogen) atoms. The van der Waals surface area contributed by atoms with Gasteiger partial charge in [-0.25, -0.2) is 0 Å². The summed E-state index contributed by atoms with van der Waals surface area (Å²) in [6.45, 7) is 7.99. The number of rotatable bonds is 6. The Hall–Kier alpha value is -1.39. The van der Waals surface area contributed by atoms with Gasteiger partial charge in [-0.15, -0.1) is 0 Å². The smallest absolute Gasteiger partial charge is 0.0837 e. The zero-order chi connectivity index (χ0) is 14.5. The second-order valence-electron chi connectivity index (χ2n) is 4.89. The van der Waals surface area contributed by atoms with E-state index < -0.39 is 0 Å². The molecule has 1 atom stereocenters. The van der Waals surface area contributed by atoms with Crippen LogP contribution in [0.4, 0.5) is 0 Å². The van der Waals surface area contributed by atoms with Gasteiger partial charge in [0.2, 0.25) is 0 Å². The summed E-state index contributed by atoms with van der Waals surface area (Å²) < 4.78 is 1.98. The number of nitrogens with zero attached hydrogens (tertiary/aromatic N) is 3. The highest BCUT2D eigenvalue weighted by Gasteiger charge is 2.21. The molecule has 0 amide bonds. The molecule has 0 aliphatic rings. The van der Waals surface area contributed by atoms with Gasteiger partial charge in [-0.3, -0.25) is 9.67 Å². The molecule has 0 aliphatic heterocycles. The lowest BCUT2D eigenvalue weighted by molar-refractivity contribution is 0.519. The van der Waals surface area contributed by atoms with Crippen molar-refractivity contribution in [2.45, 2.75) is 39.8 Å². The Morgan fingerprint density at radius 1 is 1.30 bits per heavy atom. The third-order valence-electron chi connectivity index (χ3n) is 3.18. The van der Waals surface area contributed by atoms with Gasteiger partial charge in [0.05, 0.1) is 23.0 Å². The van der Waals surface area contributed by atoms with Crippen molar-refractivity contribution in [3.8, 4) is 0 Å². The van der Waals surface area contributed by atoms with Crippen LogP contribution in [-0.2, 0) is 6.54 Å². The summed E-state index contributed by atoms with van der Waals surface area (Å²) in [6, 6.07) is 2.16. The summed E-state index contributed by atoms with van der Waals surface area (Å²) in [4.78, 5) is 4.29. The molecule has 2 aromatic heterocycles. The van der Waals surface area contributed by atoms with Crippen LogP contribution in [0.25, 0.3) is 0 Å². The lowest BCUT2D eigenvalue weighted by atomic mass is 10.0. The van der Waals surface area contributed by atoms with Gasteiger partial charge in [-0.05, 0) is 31.0 Å². The minimum atomic E-state index is 0.0222. The minimum Gasteiger partial charge on any atom is -0.305 e. The van der Waals surface area contributed by atoms with Gasteiger partial charge in [-0.1, -0.05) is 31.5 Å². The van der Waals surface area contributed by atoms with Crippen molar-refractivity contribution in [1.82, 2.24) is 20.1 Å². The molecule has 5 heteroatoms. The van der Waals surface area contributed by atoms with Crippen molar-refractivity contribution >= 4 is 11.6 Å². The molecular weight excluding hydrogens is 272 g/mol. The Labute approximate surface area is 125 Å². The summed E-state index contributed by atoms with van der Waals surface area (Å²) in [5.41, 5.74) is 3.28. The molecule has 0 aliphatic carbocycles. The Bertz CT molecular complexity index is 565. The van der Waals surface area contributed by atoms with E-state index in [1.807, 2.05) is 24.0 Å². The van der Waals surface area contributed by atoms with E-state index in [9.17, 15) is 0 Å². The van der Waals surface area contributed by atoms with E-state index in [1.165, 1.54) is 0 Å². The minimum absolute atomic E-state index is 0.0222. The van der Waals surface area contributed by atoms with Crippen LogP contribution in [-0.4, -0.2) is 21.3 Å². The zero-order valence-electron chi connectivity index (χ0n) is 12.2. The van der Waals surface area contributed by atoms with Crippen molar-refractivity contribution in [1.29, 1.82) is 0 Å². The van der Waals surface area contributed by atoms with Crippen molar-refractivity contribution < 1.29 is 0 Å². The summed E-state index contributed by atoms with van der Waals surface area (Å²) in [5, 5.41) is 8.56. The van der Waals surface area contributed by atoms with Crippen LogP contribution in [0, 0.1) is 6.92 Å². The van der Waals surface area contributed by atoms with Gasteiger partial charge in [0.1, 0.15) is 0 Å². The molecule has 0 aromatic carbocycles. The molecule has 2 aromatic rings. The molecule has 0 saturated heterocycles. The Balaban J connectivity index is 2.45. The first-order valence-electron chi connectivity index (χ1n) is 7.03. The van der Waals surface area contributed by atoms with E-state index in [-0.39, 0.29) is 6.04 Å². The van der Waals surface area contributed by atoms with Crippen LogP contribution in [0.5, 0.6) is 0 Å². The fourth-order valence-corrected chi connectivity index (χ4v) is 2.61. The van der Waals surface area contributed by atoms with E-state index in [0.29, 0.717) is 5.02 Å². The maximum atomic E-state index is 6.36. The predicted molar refractivity (Wildman–Crippen MR) is 82.0 cm³/mol. The quantitative estimate of drug-likeness (QED) is 0.888.